The second-order valence-corrected chi connectivity index (χ2v) is 4.77. The molecule has 124 valence electrons. The number of nitrogens with zero attached hydrogens (tertiary/aromatic N) is 1. The molecule has 0 aromatic heterocycles. The van der Waals surface area contributed by atoms with Crippen LogP contribution in [0.4, 0.5) is 13.6 Å². The van der Waals surface area contributed by atoms with Crippen molar-refractivity contribution in [1.82, 2.24) is 5.06 Å². The van der Waals surface area contributed by atoms with Crippen molar-refractivity contribution in [3.8, 4) is 0 Å². The molecule has 0 radical (unpaired) electrons. The highest BCUT2D eigenvalue weighted by Gasteiger charge is 2.45. The average Bonchev–Trinajstić information content (AvgIpc) is 2.53. The van der Waals surface area contributed by atoms with Crippen molar-refractivity contribution in [3.05, 3.63) is 35.9 Å². The number of alkyl halides is 2. The van der Waals surface area contributed by atoms with Crippen LogP contribution in [0.15, 0.2) is 30.3 Å². The number of hydroxylamine groups is 2. The van der Waals surface area contributed by atoms with Gasteiger partial charge in [-0.1, -0.05) is 43.7 Å². The average molecular weight is 317 g/mol. The molecule has 22 heavy (non-hydrogen) atoms. The van der Waals surface area contributed by atoms with Gasteiger partial charge in [-0.15, -0.1) is 0 Å². The van der Waals surface area contributed by atoms with E-state index in [4.69, 9.17) is 14.7 Å². The number of aliphatic hydroxyl groups is 1. The van der Waals surface area contributed by atoms with E-state index in [1.807, 2.05) is 6.07 Å². The summed E-state index contributed by atoms with van der Waals surface area (Å²) in [4.78, 5) is 16.8. The number of halogens is 2. The van der Waals surface area contributed by atoms with Crippen LogP contribution in [0.3, 0.4) is 0 Å². The first kappa shape index (κ1) is 18.3. The van der Waals surface area contributed by atoms with Gasteiger partial charge in [0.05, 0.1) is 7.11 Å². The first-order valence-corrected chi connectivity index (χ1v) is 6.99. The maximum Gasteiger partial charge on any atom is 0.434 e. The van der Waals surface area contributed by atoms with Crippen molar-refractivity contribution in [2.75, 3.05) is 13.7 Å². The van der Waals surface area contributed by atoms with Gasteiger partial charge in [0.1, 0.15) is 19.3 Å². The Balaban J connectivity index is 2.76. The lowest BCUT2D eigenvalue weighted by Gasteiger charge is -2.33. The predicted molar refractivity (Wildman–Crippen MR) is 76.2 cm³/mol. The summed E-state index contributed by atoms with van der Waals surface area (Å²) < 4.78 is 32.6. The molecule has 0 saturated heterocycles. The van der Waals surface area contributed by atoms with E-state index in [9.17, 15) is 13.6 Å². The van der Waals surface area contributed by atoms with Crippen LogP contribution < -0.4 is 0 Å². The molecule has 0 spiro atoms. The Hall–Kier alpha value is -1.73. The Morgan fingerprint density at radius 2 is 2.00 bits per heavy atom. The van der Waals surface area contributed by atoms with Crippen LogP contribution >= 0.6 is 0 Å². The van der Waals surface area contributed by atoms with Gasteiger partial charge in [-0.3, -0.25) is 4.84 Å². The molecule has 1 atom stereocenters. The summed E-state index contributed by atoms with van der Waals surface area (Å²) in [5.74, 6) is -3.47. The van der Waals surface area contributed by atoms with E-state index in [1.54, 1.807) is 31.2 Å². The summed E-state index contributed by atoms with van der Waals surface area (Å²) >= 11 is 0. The lowest BCUT2D eigenvalue weighted by molar-refractivity contribution is -0.211. The summed E-state index contributed by atoms with van der Waals surface area (Å²) in [5, 5.41) is 9.33. The molecule has 0 aliphatic rings. The van der Waals surface area contributed by atoms with E-state index in [-0.39, 0.29) is 13.0 Å². The predicted octanol–water partition coefficient (Wildman–Crippen LogP) is 2.98. The van der Waals surface area contributed by atoms with E-state index in [2.05, 4.69) is 0 Å². The number of hydrogen-bond donors (Lipinski definition) is 1. The smallest absolute Gasteiger partial charge is 0.434 e. The van der Waals surface area contributed by atoms with Gasteiger partial charge in [0.15, 0.2) is 0 Å². The molecule has 0 heterocycles. The highest BCUT2D eigenvalue weighted by Crippen LogP contribution is 2.27. The lowest BCUT2D eigenvalue weighted by Crippen LogP contribution is -2.51. The van der Waals surface area contributed by atoms with Crippen molar-refractivity contribution < 1.29 is 28.3 Å². The quantitative estimate of drug-likeness (QED) is 0.749. The third-order valence-electron chi connectivity index (χ3n) is 3.13. The van der Waals surface area contributed by atoms with Crippen LogP contribution in [0.5, 0.6) is 0 Å². The molecule has 1 aromatic rings. The van der Waals surface area contributed by atoms with Crippen LogP contribution in [-0.4, -0.2) is 41.9 Å². The van der Waals surface area contributed by atoms with Gasteiger partial charge in [0.25, 0.3) is 5.92 Å². The first-order chi connectivity index (χ1) is 10.5. The molecule has 1 amide bonds. The zero-order valence-electron chi connectivity index (χ0n) is 12.7. The third-order valence-corrected chi connectivity index (χ3v) is 3.13. The molecular weight excluding hydrogens is 296 g/mol. The molecule has 0 bridgehead atoms. The molecule has 0 unspecified atom stereocenters. The van der Waals surface area contributed by atoms with Crippen molar-refractivity contribution in [2.45, 2.75) is 38.3 Å². The molecule has 0 saturated carbocycles. The fraction of sp³-hybridized carbons (Fsp3) is 0.533. The highest BCUT2D eigenvalue weighted by molar-refractivity contribution is 5.67. The standard InChI is InChI=1S/C15H21F2NO4/c1-3-7-13(15(16,17)11-19)18(21-2)14(20)22-10-12-8-5-4-6-9-12/h4-6,8-9,13,19H,3,7,10-11H2,1-2H3/t13-/m1/s1. The Morgan fingerprint density at radius 1 is 1.36 bits per heavy atom. The zero-order valence-corrected chi connectivity index (χ0v) is 12.7. The van der Waals surface area contributed by atoms with Crippen LogP contribution in [0.1, 0.15) is 25.3 Å². The van der Waals surface area contributed by atoms with Crippen molar-refractivity contribution in [2.24, 2.45) is 0 Å². The Morgan fingerprint density at radius 3 is 2.50 bits per heavy atom. The minimum absolute atomic E-state index is 0.0260. The number of benzene rings is 1. The zero-order chi connectivity index (χ0) is 16.6. The molecule has 0 aliphatic heterocycles. The Labute approximate surface area is 128 Å². The Bertz CT molecular complexity index is 456. The number of ether oxygens (including phenoxy) is 1. The molecule has 1 N–H and O–H groups in total. The molecule has 1 rings (SSSR count). The molecule has 7 heteroatoms. The number of hydrogen-bond acceptors (Lipinski definition) is 4. The van der Waals surface area contributed by atoms with Gasteiger partial charge in [-0.05, 0) is 12.0 Å². The first-order valence-electron chi connectivity index (χ1n) is 6.99. The highest BCUT2D eigenvalue weighted by atomic mass is 19.3. The molecule has 0 fully saturated rings. The normalized spacial score (nSPS) is 12.8. The van der Waals surface area contributed by atoms with E-state index < -0.39 is 24.7 Å². The largest absolute Gasteiger partial charge is 0.443 e. The van der Waals surface area contributed by atoms with Gasteiger partial charge >= 0.3 is 6.09 Å². The van der Waals surface area contributed by atoms with Gasteiger partial charge in [0, 0.05) is 0 Å². The van der Waals surface area contributed by atoms with E-state index in [0.29, 0.717) is 11.5 Å². The molecule has 0 aliphatic carbocycles. The van der Waals surface area contributed by atoms with E-state index in [1.165, 1.54) is 0 Å². The second-order valence-electron chi connectivity index (χ2n) is 4.77. The summed E-state index contributed by atoms with van der Waals surface area (Å²) in [6.45, 7) is 0.274. The summed E-state index contributed by atoms with van der Waals surface area (Å²) in [5.41, 5.74) is 0.730. The van der Waals surface area contributed by atoms with E-state index in [0.717, 1.165) is 12.7 Å². The maximum atomic E-state index is 13.8. The number of aliphatic hydroxyl groups excluding tert-OH is 1. The summed E-state index contributed by atoms with van der Waals surface area (Å²) in [6, 6.07) is 7.27. The van der Waals surface area contributed by atoms with Crippen molar-refractivity contribution >= 4 is 6.09 Å². The number of amides is 1. The van der Waals surface area contributed by atoms with Crippen LogP contribution in [0, 0.1) is 0 Å². The minimum atomic E-state index is -3.47. The van der Waals surface area contributed by atoms with E-state index >= 15 is 0 Å². The fourth-order valence-electron chi connectivity index (χ4n) is 1.99. The van der Waals surface area contributed by atoms with Crippen LogP contribution in [0.25, 0.3) is 0 Å². The van der Waals surface area contributed by atoms with Crippen molar-refractivity contribution in [3.63, 3.8) is 0 Å². The third kappa shape index (κ3) is 4.92. The topological polar surface area (TPSA) is 59.0 Å². The molecule has 5 nitrogen and oxygen atoms in total. The van der Waals surface area contributed by atoms with Crippen molar-refractivity contribution in [1.29, 1.82) is 0 Å². The van der Waals surface area contributed by atoms with Crippen LogP contribution in [-0.2, 0) is 16.2 Å². The fourth-order valence-corrected chi connectivity index (χ4v) is 1.99. The number of carbonyl (C=O) groups is 1. The molecular formula is C15H21F2NO4. The SMILES string of the molecule is CCC[C@@H](N(OC)C(=O)OCc1ccccc1)C(F)(F)CO. The number of carbonyl (C=O) groups excluding carboxylic acids is 1. The Kier molecular flexibility index (Phi) is 7.20. The van der Waals surface area contributed by atoms with Crippen LogP contribution in [0.2, 0.25) is 0 Å². The molecule has 1 aromatic carbocycles. The number of rotatable bonds is 8. The maximum absolute atomic E-state index is 13.8. The van der Waals surface area contributed by atoms with Gasteiger partial charge in [-0.25, -0.2) is 13.6 Å². The van der Waals surface area contributed by atoms with Gasteiger partial charge in [-0.2, -0.15) is 5.06 Å². The van der Waals surface area contributed by atoms with Gasteiger partial charge < -0.3 is 9.84 Å². The minimum Gasteiger partial charge on any atom is -0.443 e. The summed E-state index contributed by atoms with van der Waals surface area (Å²) in [6.07, 6.45) is -0.647. The monoisotopic (exact) mass is 317 g/mol. The summed E-state index contributed by atoms with van der Waals surface area (Å²) in [7, 11) is 1.11. The second kappa shape index (κ2) is 8.65. The van der Waals surface area contributed by atoms with Gasteiger partial charge in [0.2, 0.25) is 0 Å². The lowest BCUT2D eigenvalue weighted by atomic mass is 10.1.